The van der Waals surface area contributed by atoms with Gasteiger partial charge in [0.2, 0.25) is 0 Å². The summed E-state index contributed by atoms with van der Waals surface area (Å²) in [5.74, 6) is -0.0392. The van der Waals surface area contributed by atoms with Gasteiger partial charge in [-0.3, -0.25) is 4.79 Å². The van der Waals surface area contributed by atoms with Crippen LogP contribution in [0.5, 0.6) is 0 Å². The Kier molecular flexibility index (Phi) is 3.53. The number of nitrogens with two attached hydrogens (primary N) is 1. The molecule has 0 aliphatic heterocycles. The van der Waals surface area contributed by atoms with Gasteiger partial charge in [0.25, 0.3) is 5.91 Å². The zero-order chi connectivity index (χ0) is 12.3. The molecule has 1 heterocycles. The van der Waals surface area contributed by atoms with Crippen molar-refractivity contribution in [2.45, 2.75) is 37.8 Å². The SMILES string of the molecule is NC(=O)c1ccc(N[C@H]2CCCC[C@@H]2O)nn1. The minimum atomic E-state index is -0.596. The van der Waals surface area contributed by atoms with Crippen molar-refractivity contribution in [3.8, 4) is 0 Å². The zero-order valence-electron chi connectivity index (χ0n) is 9.47. The van der Waals surface area contributed by atoms with Crippen LogP contribution in [0, 0.1) is 0 Å². The number of aliphatic hydroxyl groups excluding tert-OH is 1. The minimum absolute atomic E-state index is 0.0116. The molecular weight excluding hydrogens is 220 g/mol. The fourth-order valence-electron chi connectivity index (χ4n) is 2.01. The number of carbonyl (C=O) groups excluding carboxylic acids is 1. The van der Waals surface area contributed by atoms with Crippen molar-refractivity contribution >= 4 is 11.7 Å². The highest BCUT2D eigenvalue weighted by atomic mass is 16.3. The first-order chi connectivity index (χ1) is 8.16. The highest BCUT2D eigenvalue weighted by molar-refractivity contribution is 5.90. The van der Waals surface area contributed by atoms with Crippen LogP contribution in [-0.2, 0) is 0 Å². The molecule has 2 rings (SSSR count). The second-order valence-corrected chi connectivity index (χ2v) is 4.27. The number of hydrogen-bond acceptors (Lipinski definition) is 5. The molecule has 1 fully saturated rings. The maximum absolute atomic E-state index is 10.8. The Morgan fingerprint density at radius 2 is 2.12 bits per heavy atom. The van der Waals surface area contributed by atoms with E-state index < -0.39 is 5.91 Å². The Bertz CT molecular complexity index is 393. The molecule has 1 amide bonds. The van der Waals surface area contributed by atoms with Gasteiger partial charge in [-0.2, -0.15) is 0 Å². The van der Waals surface area contributed by atoms with E-state index in [-0.39, 0.29) is 17.8 Å². The molecule has 4 N–H and O–H groups in total. The van der Waals surface area contributed by atoms with Crippen molar-refractivity contribution in [3.63, 3.8) is 0 Å². The van der Waals surface area contributed by atoms with E-state index in [9.17, 15) is 9.90 Å². The highest BCUT2D eigenvalue weighted by Crippen LogP contribution is 2.21. The number of nitrogens with zero attached hydrogens (tertiary/aromatic N) is 2. The second-order valence-electron chi connectivity index (χ2n) is 4.27. The summed E-state index contributed by atoms with van der Waals surface area (Å²) in [5, 5.41) is 20.5. The Labute approximate surface area is 99.2 Å². The fraction of sp³-hybridized carbons (Fsp3) is 0.545. The molecule has 0 spiro atoms. The van der Waals surface area contributed by atoms with Gasteiger partial charge in [-0.15, -0.1) is 10.2 Å². The van der Waals surface area contributed by atoms with Gasteiger partial charge < -0.3 is 16.2 Å². The number of aromatic nitrogens is 2. The number of hydrogen-bond donors (Lipinski definition) is 3. The van der Waals surface area contributed by atoms with Crippen LogP contribution in [-0.4, -0.2) is 33.4 Å². The molecule has 92 valence electrons. The third-order valence-electron chi connectivity index (χ3n) is 2.98. The number of primary amides is 1. The van der Waals surface area contributed by atoms with Crippen LogP contribution in [0.25, 0.3) is 0 Å². The van der Waals surface area contributed by atoms with E-state index in [1.165, 1.54) is 6.07 Å². The molecule has 0 bridgehead atoms. The molecule has 0 aromatic carbocycles. The molecule has 6 heteroatoms. The van der Waals surface area contributed by atoms with E-state index >= 15 is 0 Å². The first-order valence-electron chi connectivity index (χ1n) is 5.75. The van der Waals surface area contributed by atoms with Crippen molar-refractivity contribution in [1.82, 2.24) is 10.2 Å². The van der Waals surface area contributed by atoms with Gasteiger partial charge in [-0.1, -0.05) is 12.8 Å². The summed E-state index contributed by atoms with van der Waals surface area (Å²) < 4.78 is 0. The zero-order valence-corrected chi connectivity index (χ0v) is 9.47. The Morgan fingerprint density at radius 3 is 2.71 bits per heavy atom. The first kappa shape index (κ1) is 11.8. The number of carbonyl (C=O) groups is 1. The molecule has 1 aliphatic rings. The average molecular weight is 236 g/mol. The first-order valence-corrected chi connectivity index (χ1v) is 5.75. The topological polar surface area (TPSA) is 101 Å². The summed E-state index contributed by atoms with van der Waals surface area (Å²) in [6.45, 7) is 0. The van der Waals surface area contributed by atoms with Crippen LogP contribution in [0.2, 0.25) is 0 Å². The monoisotopic (exact) mass is 236 g/mol. The Balaban J connectivity index is 2.00. The van der Waals surface area contributed by atoms with Crippen LogP contribution < -0.4 is 11.1 Å². The lowest BCUT2D eigenvalue weighted by molar-refractivity contribution is 0.0994. The van der Waals surface area contributed by atoms with Gasteiger partial charge in [0.15, 0.2) is 5.69 Å². The van der Waals surface area contributed by atoms with Crippen LogP contribution in [0.15, 0.2) is 12.1 Å². The second kappa shape index (κ2) is 5.09. The molecule has 17 heavy (non-hydrogen) atoms. The third kappa shape index (κ3) is 2.91. The van der Waals surface area contributed by atoms with Crippen molar-refractivity contribution in [3.05, 3.63) is 17.8 Å². The molecule has 1 aromatic heterocycles. The van der Waals surface area contributed by atoms with Crippen LogP contribution in [0.1, 0.15) is 36.2 Å². The van der Waals surface area contributed by atoms with E-state index in [1.54, 1.807) is 6.07 Å². The molecule has 1 saturated carbocycles. The molecule has 0 unspecified atom stereocenters. The lowest BCUT2D eigenvalue weighted by Gasteiger charge is -2.28. The Hall–Kier alpha value is -1.69. The summed E-state index contributed by atoms with van der Waals surface area (Å²) in [6.07, 6.45) is 3.54. The van der Waals surface area contributed by atoms with Gasteiger partial charge in [0.05, 0.1) is 12.1 Å². The standard InChI is InChI=1S/C11H16N4O2/c12-11(17)8-5-6-10(15-14-8)13-7-3-1-2-4-9(7)16/h5-7,9,16H,1-4H2,(H2,12,17)(H,13,15)/t7-,9-/m0/s1. The average Bonchev–Trinajstić information content (AvgIpc) is 2.33. The van der Waals surface area contributed by atoms with Gasteiger partial charge >= 0.3 is 0 Å². The smallest absolute Gasteiger partial charge is 0.269 e. The highest BCUT2D eigenvalue weighted by Gasteiger charge is 2.23. The number of rotatable bonds is 3. The van der Waals surface area contributed by atoms with Gasteiger partial charge in [0, 0.05) is 0 Å². The number of aliphatic hydroxyl groups is 1. The maximum atomic E-state index is 10.8. The molecule has 6 nitrogen and oxygen atoms in total. The van der Waals surface area contributed by atoms with Gasteiger partial charge in [0.1, 0.15) is 5.82 Å². The third-order valence-corrected chi connectivity index (χ3v) is 2.98. The van der Waals surface area contributed by atoms with E-state index in [0.717, 1.165) is 25.7 Å². The summed E-state index contributed by atoms with van der Waals surface area (Å²) in [6, 6.07) is 3.18. The molecule has 1 aliphatic carbocycles. The summed E-state index contributed by atoms with van der Waals surface area (Å²) in [5.41, 5.74) is 5.21. The summed E-state index contributed by atoms with van der Waals surface area (Å²) >= 11 is 0. The van der Waals surface area contributed by atoms with Crippen molar-refractivity contribution in [2.24, 2.45) is 5.73 Å². The van der Waals surface area contributed by atoms with Gasteiger partial charge in [-0.25, -0.2) is 0 Å². The van der Waals surface area contributed by atoms with Crippen LogP contribution >= 0.6 is 0 Å². The molecule has 2 atom stereocenters. The summed E-state index contributed by atoms with van der Waals surface area (Å²) in [7, 11) is 0. The van der Waals surface area contributed by atoms with Crippen molar-refractivity contribution < 1.29 is 9.90 Å². The van der Waals surface area contributed by atoms with E-state index in [1.807, 2.05) is 0 Å². The van der Waals surface area contributed by atoms with Gasteiger partial charge in [-0.05, 0) is 25.0 Å². The predicted octanol–water partition coefficient (Wildman–Crippen LogP) is 0.291. The largest absolute Gasteiger partial charge is 0.391 e. The van der Waals surface area contributed by atoms with Crippen molar-refractivity contribution in [2.75, 3.05) is 5.32 Å². The summed E-state index contributed by atoms with van der Waals surface area (Å²) in [4.78, 5) is 10.8. The molecule has 1 aromatic rings. The predicted molar refractivity (Wildman–Crippen MR) is 62.4 cm³/mol. The van der Waals surface area contributed by atoms with Crippen LogP contribution in [0.3, 0.4) is 0 Å². The van der Waals surface area contributed by atoms with Crippen LogP contribution in [0.4, 0.5) is 5.82 Å². The lowest BCUT2D eigenvalue weighted by atomic mass is 9.93. The number of anilines is 1. The minimum Gasteiger partial charge on any atom is -0.391 e. The molecule has 0 radical (unpaired) electrons. The molecular formula is C11H16N4O2. The normalized spacial score (nSPS) is 24.3. The molecule has 0 saturated heterocycles. The maximum Gasteiger partial charge on any atom is 0.269 e. The van der Waals surface area contributed by atoms with E-state index in [0.29, 0.717) is 5.82 Å². The quantitative estimate of drug-likeness (QED) is 0.700. The van der Waals surface area contributed by atoms with Crippen molar-refractivity contribution in [1.29, 1.82) is 0 Å². The van der Waals surface area contributed by atoms with E-state index in [2.05, 4.69) is 15.5 Å². The number of nitrogens with one attached hydrogen (secondary N) is 1. The fourth-order valence-corrected chi connectivity index (χ4v) is 2.01. The number of amides is 1. The Morgan fingerprint density at radius 1 is 1.35 bits per heavy atom. The van der Waals surface area contributed by atoms with E-state index in [4.69, 9.17) is 5.73 Å². The lowest BCUT2D eigenvalue weighted by Crippen LogP contribution is -2.36.